The minimum absolute atomic E-state index is 0.0250. The molecule has 0 radical (unpaired) electrons. The molecule has 1 aromatic heterocycles. The molecule has 61 heavy (non-hydrogen) atoms. The van der Waals surface area contributed by atoms with Crippen molar-refractivity contribution in [1.82, 2.24) is 14.2 Å². The maximum absolute atomic E-state index is 13.5. The van der Waals surface area contributed by atoms with Crippen LogP contribution in [0.2, 0.25) is 0 Å². The summed E-state index contributed by atoms with van der Waals surface area (Å²) in [5.41, 5.74) is 1.69. The van der Waals surface area contributed by atoms with Gasteiger partial charge in [-0.05, 0) is 87.7 Å². The quantitative estimate of drug-likeness (QED) is 0.0484. The van der Waals surface area contributed by atoms with E-state index in [2.05, 4.69) is 48.7 Å². The second-order valence-electron chi connectivity index (χ2n) is 15.2. The van der Waals surface area contributed by atoms with Crippen molar-refractivity contribution in [2.45, 2.75) is 83.6 Å². The van der Waals surface area contributed by atoms with Gasteiger partial charge in [-0.3, -0.25) is 19.5 Å². The van der Waals surface area contributed by atoms with E-state index in [1.807, 2.05) is 84.9 Å². The zero-order valence-electron chi connectivity index (χ0n) is 35.7. The van der Waals surface area contributed by atoms with Crippen molar-refractivity contribution in [3.8, 4) is 17.6 Å². The molecule has 1 amide bonds. The van der Waals surface area contributed by atoms with Gasteiger partial charge in [0, 0.05) is 35.8 Å². The molecule has 1 N–H and O–H groups in total. The summed E-state index contributed by atoms with van der Waals surface area (Å²) in [5, 5.41) is 12.3. The molecule has 4 atom stereocenters. The van der Waals surface area contributed by atoms with Crippen molar-refractivity contribution in [2.24, 2.45) is 0 Å². The van der Waals surface area contributed by atoms with Crippen LogP contribution >= 0.6 is 8.53 Å². The van der Waals surface area contributed by atoms with Crippen molar-refractivity contribution in [1.29, 1.82) is 5.26 Å². The molecular formula is C47H54N5O8P. The summed E-state index contributed by atoms with van der Waals surface area (Å²) < 4.78 is 42.7. The molecule has 1 unspecified atom stereocenters. The molecule has 1 fully saturated rings. The smallest absolute Gasteiger partial charge is 0.277 e. The van der Waals surface area contributed by atoms with E-state index in [0.29, 0.717) is 22.6 Å². The monoisotopic (exact) mass is 847 g/mol. The van der Waals surface area contributed by atoms with Crippen LogP contribution in [-0.2, 0) is 24.1 Å². The Morgan fingerprint density at radius 3 is 2.00 bits per heavy atom. The lowest BCUT2D eigenvalue weighted by atomic mass is 9.80. The fraction of sp³-hybridized carbons (Fsp3) is 0.362. The molecule has 0 saturated carbocycles. The summed E-state index contributed by atoms with van der Waals surface area (Å²) >= 11 is 0. The van der Waals surface area contributed by atoms with Crippen LogP contribution in [0.25, 0.3) is 0 Å². The highest BCUT2D eigenvalue weighted by Gasteiger charge is 2.45. The van der Waals surface area contributed by atoms with Crippen LogP contribution in [0.4, 0.5) is 5.95 Å². The molecule has 2 heterocycles. The number of nitrogens with zero attached hydrogens (tertiary/aromatic N) is 4. The van der Waals surface area contributed by atoms with Crippen LogP contribution in [0.15, 0.2) is 120 Å². The predicted molar refractivity (Wildman–Crippen MR) is 235 cm³/mol. The Labute approximate surface area is 359 Å². The van der Waals surface area contributed by atoms with E-state index < -0.39 is 44.0 Å². The third-order valence-electron chi connectivity index (χ3n) is 10.4. The van der Waals surface area contributed by atoms with Gasteiger partial charge in [-0.25, -0.2) is 4.67 Å². The number of methoxy groups -OCH3 is 2. The SMILES string of the molecule is COc1ccc(C(OC[C@H]2O[C@@H](n3cc(C)c(=O)nc3NC(=O)c3ccccc3)C[C@@H]2OP(OCCC#N)N(C(C)C)C(C)C)(c2ccccc2)c2ccc(OC)cc2)cc1. The third-order valence-corrected chi connectivity index (χ3v) is 12.6. The van der Waals surface area contributed by atoms with Gasteiger partial charge in [0.25, 0.3) is 20.0 Å². The zero-order valence-corrected chi connectivity index (χ0v) is 36.6. The number of aryl methyl sites for hydroxylation is 1. The van der Waals surface area contributed by atoms with Crippen molar-refractivity contribution in [3.05, 3.63) is 154 Å². The topological polar surface area (TPSA) is 146 Å². The van der Waals surface area contributed by atoms with Gasteiger partial charge in [0.1, 0.15) is 29.4 Å². The summed E-state index contributed by atoms with van der Waals surface area (Å²) in [6.07, 6.45) is 0.0133. The van der Waals surface area contributed by atoms with Gasteiger partial charge < -0.3 is 28.0 Å². The third kappa shape index (κ3) is 10.5. The van der Waals surface area contributed by atoms with Gasteiger partial charge in [-0.2, -0.15) is 10.2 Å². The molecule has 1 aliphatic heterocycles. The first-order valence-electron chi connectivity index (χ1n) is 20.3. The number of anilines is 1. The van der Waals surface area contributed by atoms with Crippen LogP contribution in [0.5, 0.6) is 11.5 Å². The van der Waals surface area contributed by atoms with Crippen molar-refractivity contribution >= 4 is 20.4 Å². The fourth-order valence-electron chi connectivity index (χ4n) is 7.47. The molecule has 13 nitrogen and oxygen atoms in total. The van der Waals surface area contributed by atoms with Crippen LogP contribution < -0.4 is 20.3 Å². The Morgan fingerprint density at radius 2 is 1.46 bits per heavy atom. The maximum atomic E-state index is 13.5. The average molecular weight is 848 g/mol. The lowest BCUT2D eigenvalue weighted by Crippen LogP contribution is -2.39. The van der Waals surface area contributed by atoms with E-state index in [0.717, 1.165) is 16.7 Å². The molecule has 0 bridgehead atoms. The number of nitriles is 1. The number of aromatic nitrogens is 2. The average Bonchev–Trinajstić information content (AvgIpc) is 3.67. The zero-order chi connectivity index (χ0) is 43.5. The van der Waals surface area contributed by atoms with Gasteiger partial charge in [-0.15, -0.1) is 0 Å². The minimum atomic E-state index is -1.71. The highest BCUT2D eigenvalue weighted by Crippen LogP contribution is 2.51. The first-order chi connectivity index (χ1) is 29.5. The summed E-state index contributed by atoms with van der Waals surface area (Å²) in [6.45, 7) is 10.2. The number of carbonyl (C=O) groups is 1. The molecule has 0 aliphatic carbocycles. The Kier molecular flexibility index (Phi) is 15.4. The summed E-state index contributed by atoms with van der Waals surface area (Å²) in [6, 6.07) is 36.5. The van der Waals surface area contributed by atoms with Gasteiger partial charge in [0.05, 0.1) is 46.0 Å². The number of carbonyl (C=O) groups excluding carboxylic acids is 1. The molecule has 14 heteroatoms. The molecule has 0 spiro atoms. The Bertz CT molecular complexity index is 2230. The van der Waals surface area contributed by atoms with E-state index >= 15 is 0 Å². The molecule has 6 rings (SSSR count). The molecule has 1 saturated heterocycles. The van der Waals surface area contributed by atoms with E-state index in [1.54, 1.807) is 56.2 Å². The molecular weight excluding hydrogens is 794 g/mol. The standard InChI is InChI=1S/C47H54N5O8P/c1-32(2)52(33(3)4)61(58-28-14-27-48)60-41-29-43(51-30-34(5)44(53)49-46(51)50-45(54)35-15-10-8-11-16-35)59-42(41)31-57-47(36-17-12-9-13-18-36,37-19-23-39(55-6)24-20-37)38-21-25-40(56-7)26-22-38/h8-13,15-26,30,32-33,41-43H,14,28-29,31H2,1-7H3,(H,49,50,53,54)/t41-,42+,43+,61?/m0/s1. The first-order valence-corrected chi connectivity index (χ1v) is 21.5. The minimum Gasteiger partial charge on any atom is -0.497 e. The van der Waals surface area contributed by atoms with E-state index in [-0.39, 0.29) is 44.1 Å². The highest BCUT2D eigenvalue weighted by atomic mass is 31.2. The number of benzene rings is 4. The van der Waals surface area contributed by atoms with Crippen LogP contribution in [0.1, 0.15) is 79.4 Å². The molecule has 4 aromatic carbocycles. The first kappa shape index (κ1) is 45.1. The predicted octanol–water partition coefficient (Wildman–Crippen LogP) is 8.78. The molecule has 320 valence electrons. The van der Waals surface area contributed by atoms with Crippen molar-refractivity contribution in [3.63, 3.8) is 0 Å². The number of hydrogen-bond donors (Lipinski definition) is 1. The Balaban J connectivity index is 1.45. The normalized spacial score (nSPS) is 17.0. The van der Waals surface area contributed by atoms with Crippen LogP contribution in [0.3, 0.4) is 0 Å². The van der Waals surface area contributed by atoms with Gasteiger partial charge in [0.2, 0.25) is 5.95 Å². The summed E-state index contributed by atoms with van der Waals surface area (Å²) in [5.74, 6) is 0.992. The van der Waals surface area contributed by atoms with E-state index in [1.165, 1.54) is 0 Å². The number of ether oxygens (including phenoxy) is 4. The van der Waals surface area contributed by atoms with E-state index in [9.17, 15) is 14.9 Å². The summed E-state index contributed by atoms with van der Waals surface area (Å²) in [7, 11) is 1.55. The Morgan fingerprint density at radius 1 is 0.902 bits per heavy atom. The summed E-state index contributed by atoms with van der Waals surface area (Å²) in [4.78, 5) is 30.8. The van der Waals surface area contributed by atoms with E-state index in [4.69, 9.17) is 28.0 Å². The van der Waals surface area contributed by atoms with Crippen LogP contribution in [-0.4, -0.2) is 71.9 Å². The molecule has 5 aromatic rings. The largest absolute Gasteiger partial charge is 0.497 e. The van der Waals surface area contributed by atoms with Gasteiger partial charge in [0.15, 0.2) is 0 Å². The number of amides is 1. The number of rotatable bonds is 19. The van der Waals surface area contributed by atoms with Gasteiger partial charge >= 0.3 is 0 Å². The van der Waals surface area contributed by atoms with Crippen LogP contribution in [0, 0.1) is 18.3 Å². The van der Waals surface area contributed by atoms with Crippen molar-refractivity contribution in [2.75, 3.05) is 32.8 Å². The van der Waals surface area contributed by atoms with Gasteiger partial charge in [-0.1, -0.05) is 72.8 Å². The number of hydrogen-bond acceptors (Lipinski definition) is 11. The fourth-order valence-corrected chi connectivity index (χ4v) is 9.22. The highest BCUT2D eigenvalue weighted by molar-refractivity contribution is 7.44. The maximum Gasteiger partial charge on any atom is 0.277 e. The lowest BCUT2D eigenvalue weighted by Gasteiger charge is -2.39. The Hall–Kier alpha value is -5.45. The second-order valence-corrected chi connectivity index (χ2v) is 16.6. The van der Waals surface area contributed by atoms with Crippen molar-refractivity contribution < 1.29 is 32.8 Å². The lowest BCUT2D eigenvalue weighted by molar-refractivity contribution is -0.0916. The second kappa shape index (κ2) is 20.9. The molecule has 1 aliphatic rings. The number of nitrogens with one attached hydrogen (secondary N) is 1.